The zero-order valence-electron chi connectivity index (χ0n) is 56.0. The number of hydrogen-bond acceptors (Lipinski definition) is 37. The number of esters is 4. The largest absolute Gasteiger partial charge is 0.472 e. The van der Waals surface area contributed by atoms with E-state index in [1.54, 1.807) is 13.8 Å². The minimum absolute atomic E-state index is 0.0243. The van der Waals surface area contributed by atoms with Crippen molar-refractivity contribution in [3.05, 3.63) is 84.3 Å². The molecule has 36 atom stereocenters. The Labute approximate surface area is 587 Å². The van der Waals surface area contributed by atoms with Crippen molar-refractivity contribution in [2.75, 3.05) is 40.6 Å². The summed E-state index contributed by atoms with van der Waals surface area (Å²) < 4.78 is 93.4. The Hall–Kier alpha value is -6.03. The predicted octanol–water partition coefficient (Wildman–Crippen LogP) is -6.72. The molecule has 2 saturated carbocycles. The number of aldehydes is 1. The van der Waals surface area contributed by atoms with Gasteiger partial charge in [0.15, 0.2) is 25.2 Å². The maximum atomic E-state index is 15.3. The fourth-order valence-corrected chi connectivity index (χ4v) is 15.2. The van der Waals surface area contributed by atoms with Crippen LogP contribution in [0, 0.1) is 59.2 Å². The van der Waals surface area contributed by atoms with Crippen molar-refractivity contribution in [1.82, 2.24) is 0 Å². The van der Waals surface area contributed by atoms with E-state index in [4.69, 9.17) is 75.8 Å². The van der Waals surface area contributed by atoms with Crippen LogP contribution in [0.2, 0.25) is 0 Å². The third kappa shape index (κ3) is 15.6. The van der Waals surface area contributed by atoms with E-state index in [0.717, 1.165) is 39.3 Å². The Morgan fingerprint density at radius 3 is 1.10 bits per heavy atom. The molecule has 8 heterocycles. The lowest BCUT2D eigenvalue weighted by Crippen LogP contribution is -2.60. The number of aliphatic hydroxyl groups excluding tert-OH is 16. The van der Waals surface area contributed by atoms with Crippen LogP contribution in [-0.4, -0.2) is 313 Å². The summed E-state index contributed by atoms with van der Waals surface area (Å²) in [6.07, 6.45) is -37.1. The number of aliphatic hydroxyl groups is 16. The first-order valence-electron chi connectivity index (χ1n) is 33.4. The summed E-state index contributed by atoms with van der Waals surface area (Å²) in [5.41, 5.74) is -1.13. The molecule has 8 aliphatic heterocycles. The van der Waals surface area contributed by atoms with E-state index in [0.29, 0.717) is 6.29 Å². The number of ether oxygens (including phenoxy) is 16. The quantitative estimate of drug-likeness (QED) is 0.0140. The van der Waals surface area contributed by atoms with E-state index in [2.05, 4.69) is 13.2 Å². The molecule has 0 radical (unpaired) electrons. The lowest BCUT2D eigenvalue weighted by molar-refractivity contribution is -0.342. The van der Waals surface area contributed by atoms with Crippen molar-refractivity contribution in [3.63, 3.8) is 0 Å². The van der Waals surface area contributed by atoms with Crippen LogP contribution >= 0.6 is 0 Å². The molecule has 10 rings (SSSR count). The van der Waals surface area contributed by atoms with Crippen molar-refractivity contribution < 1.29 is 181 Å². The molecule has 2 aliphatic carbocycles. The molecular weight excluding hydrogens is 1380 g/mol. The molecule has 576 valence electrons. The van der Waals surface area contributed by atoms with Gasteiger partial charge in [0.05, 0.1) is 93.9 Å². The minimum Gasteiger partial charge on any atom is -0.472 e. The van der Waals surface area contributed by atoms with Gasteiger partial charge in [-0.05, 0) is 24.8 Å². The summed E-state index contributed by atoms with van der Waals surface area (Å²) in [6.45, 7) is 7.78. The van der Waals surface area contributed by atoms with Crippen LogP contribution in [-0.2, 0) is 99.8 Å². The number of methoxy groups -OCH3 is 2. The molecule has 0 bridgehead atoms. The molecule has 10 aliphatic rings. The van der Waals surface area contributed by atoms with E-state index in [9.17, 15) is 96.1 Å². The first kappa shape index (κ1) is 79.5. The zero-order valence-corrected chi connectivity index (χ0v) is 56.0. The first-order chi connectivity index (χ1) is 49.1. The smallest absolute Gasteiger partial charge is 0.338 e. The maximum absolute atomic E-state index is 15.3. The fraction of sp³-hybridized carbons (Fsp3) is 0.712. The van der Waals surface area contributed by atoms with Gasteiger partial charge in [0.2, 0.25) is 25.2 Å². The highest BCUT2D eigenvalue weighted by atomic mass is 16.8. The predicted molar refractivity (Wildman–Crippen MR) is 330 cm³/mol. The topological polar surface area (TPSA) is 557 Å². The molecule has 6 fully saturated rings. The van der Waals surface area contributed by atoms with Crippen LogP contribution in [0.25, 0.3) is 0 Å². The first-order valence-corrected chi connectivity index (χ1v) is 33.4. The third-order valence-electron chi connectivity index (χ3n) is 21.2. The van der Waals surface area contributed by atoms with Gasteiger partial charge in [-0.3, -0.25) is 4.79 Å². The van der Waals surface area contributed by atoms with Crippen molar-refractivity contribution >= 4 is 30.2 Å². The van der Waals surface area contributed by atoms with Crippen LogP contribution in [0.1, 0.15) is 33.1 Å². The number of allylic oxidation sites excluding steroid dienone is 2. The summed E-state index contributed by atoms with van der Waals surface area (Å²) in [5, 5.41) is 169. The second kappa shape index (κ2) is 33.8. The summed E-state index contributed by atoms with van der Waals surface area (Å²) >= 11 is 0. The average Bonchev–Trinajstić information content (AvgIpc) is 1.67. The summed E-state index contributed by atoms with van der Waals surface area (Å²) in [5.74, 6) is -15.1. The van der Waals surface area contributed by atoms with Crippen LogP contribution in [0.15, 0.2) is 84.3 Å². The Morgan fingerprint density at radius 1 is 0.437 bits per heavy atom. The van der Waals surface area contributed by atoms with E-state index >= 15 is 9.59 Å². The molecule has 0 aromatic heterocycles. The van der Waals surface area contributed by atoms with Crippen molar-refractivity contribution in [3.8, 4) is 0 Å². The molecule has 4 saturated heterocycles. The van der Waals surface area contributed by atoms with Crippen molar-refractivity contribution in [2.45, 2.75) is 193 Å². The molecule has 0 aromatic carbocycles. The van der Waals surface area contributed by atoms with Gasteiger partial charge in [0.25, 0.3) is 0 Å². The van der Waals surface area contributed by atoms with Gasteiger partial charge in [0, 0.05) is 53.3 Å². The lowest BCUT2D eigenvalue weighted by Gasteiger charge is -2.43. The number of hydrogen-bond donors (Lipinski definition) is 16. The van der Waals surface area contributed by atoms with Gasteiger partial charge in [-0.25, -0.2) is 19.2 Å². The van der Waals surface area contributed by atoms with Gasteiger partial charge >= 0.3 is 23.9 Å². The molecule has 103 heavy (non-hydrogen) atoms. The number of rotatable bonds is 24. The molecule has 37 heteroatoms. The minimum atomic E-state index is -2.02. The monoisotopic (exact) mass is 1470 g/mol. The normalized spacial score (nSPS) is 45.3. The summed E-state index contributed by atoms with van der Waals surface area (Å²) in [6, 6.07) is 0. The van der Waals surface area contributed by atoms with Crippen LogP contribution in [0.3, 0.4) is 0 Å². The maximum Gasteiger partial charge on any atom is 0.338 e. The molecule has 37 nitrogen and oxygen atoms in total. The zero-order chi connectivity index (χ0) is 74.9. The molecule has 1 unspecified atom stereocenters. The molecule has 0 aromatic rings. The van der Waals surface area contributed by atoms with Gasteiger partial charge < -0.3 is 157 Å². The highest BCUT2D eigenvalue weighted by molar-refractivity contribution is 5.93. The summed E-state index contributed by atoms with van der Waals surface area (Å²) in [7, 11) is 2.22. The lowest BCUT2D eigenvalue weighted by atomic mass is 9.76. The van der Waals surface area contributed by atoms with E-state index in [-0.39, 0.29) is 35.1 Å². The van der Waals surface area contributed by atoms with Crippen molar-refractivity contribution in [1.29, 1.82) is 0 Å². The second-order valence-corrected chi connectivity index (χ2v) is 26.8. The van der Waals surface area contributed by atoms with Gasteiger partial charge in [-0.1, -0.05) is 32.1 Å². The third-order valence-corrected chi connectivity index (χ3v) is 21.2. The molecular formula is C66H90O37. The van der Waals surface area contributed by atoms with Gasteiger partial charge in [-0.2, -0.15) is 0 Å². The van der Waals surface area contributed by atoms with Crippen LogP contribution in [0.4, 0.5) is 0 Å². The van der Waals surface area contributed by atoms with Crippen molar-refractivity contribution in [2.24, 2.45) is 59.2 Å². The number of carbonyl (C=O) groups excluding carboxylic acids is 5. The van der Waals surface area contributed by atoms with Gasteiger partial charge in [0.1, 0.15) is 116 Å². The Bertz CT molecular complexity index is 3170. The van der Waals surface area contributed by atoms with Crippen LogP contribution in [0.5, 0.6) is 0 Å². The second-order valence-electron chi connectivity index (χ2n) is 26.8. The van der Waals surface area contributed by atoms with Gasteiger partial charge in [-0.15, -0.1) is 13.2 Å². The molecule has 0 spiro atoms. The highest BCUT2D eigenvalue weighted by Crippen LogP contribution is 2.52. The SMILES string of the molecule is C=C[C@@H]1[C@@H](O[C@H]2O[C@@H](CO)[C@H](O)[C@@H](O)[C@@H]2O)OC=C(C(=O)O[C@@H]2C[C@H]3C(C(=O)OC)=CO[C@H](O[C@H]4O[C@@H](CO)[C@H](O)[C@@H](O)[C@@H]4O)[C@H]3[C@@H]2C)[C@@H]1C/C=C(\C=O)C1C(C(=O)O[C@H]2C[C@H]3C(C(=O)OC)=CO[C@H](O[C@H]4O[C@@H](CO)[C@H](O)[C@@H](O)[C@@H]4O)[C@H]3[C@H]2C)=CO[C@H](O[C@H]2O[C@@H](CO)[C@H](O)[C@@H](O)[C@@H]2O)[C@H]1C=C. The average molecular weight is 1480 g/mol. The Morgan fingerprint density at radius 2 is 0.757 bits per heavy atom. The Balaban J connectivity index is 0.986. The number of fused-ring (bicyclic) bond motifs is 2. The van der Waals surface area contributed by atoms with E-state index in [1.807, 2.05) is 0 Å². The summed E-state index contributed by atoms with van der Waals surface area (Å²) in [4.78, 5) is 71.3. The van der Waals surface area contributed by atoms with Crippen LogP contribution < -0.4 is 0 Å². The Kier molecular flexibility index (Phi) is 26.1. The number of carbonyl (C=O) groups is 5. The highest BCUT2D eigenvalue weighted by Gasteiger charge is 2.59. The molecule has 16 N–H and O–H groups in total. The molecule has 0 amide bonds. The fourth-order valence-electron chi connectivity index (χ4n) is 15.2. The standard InChI is InChI=1S/C66H90O37/c1-7-25-27(30(18-90-59(25)100-63-51(80)47(76)43(72)36(14-68)96-63)57(86)94-34-11-28-31(55(84)88-5)19-92-61(40(28)22(34)3)102-65-53(82)49(78)45(74)38(16-70)98-65)10-9-24(13-67)42-26(8-2)60(101-64-52(81)48(77)44(73)37(15-69)97-64)91-21-33(42)58(87)95-35-12-29-32(56(85)89-6)20-93-62(41(29)23(35)4)103-66-54(83)50(79)46(75)39(17-71)99-66/h7-9,13,18-23,25-29,34-54,59-66,68-83H,1-2,10-12,14-17H2,3-6H3/b24-9+/t22-,23+,25+,26+,27-,28+,29+,34-,35+,36+,37+,38+,39+,40+,41+,42?,43+,44+,45+,46+,47-,48-,49-,50-,51+,52+,53+,54+,59-,60-,61-,62-,63-,64-,65-,66-/m1/s1. The van der Waals surface area contributed by atoms with E-state index < -0.39 is 282 Å². The van der Waals surface area contributed by atoms with E-state index in [1.165, 1.54) is 18.2 Å².